The van der Waals surface area contributed by atoms with Crippen LogP contribution in [0.2, 0.25) is 12.6 Å². The van der Waals surface area contributed by atoms with E-state index in [-0.39, 0.29) is 5.60 Å². The topological polar surface area (TPSA) is 18.5 Å². The Morgan fingerprint density at radius 2 is 1.28 bits per heavy atom. The molecule has 2 nitrogen and oxygen atoms in total. The van der Waals surface area contributed by atoms with Crippen LogP contribution in [0.3, 0.4) is 0 Å². The maximum atomic E-state index is 6.65. The molecule has 0 fully saturated rings. The lowest BCUT2D eigenvalue weighted by atomic mass is 9.88. The van der Waals surface area contributed by atoms with Crippen LogP contribution in [0.25, 0.3) is 0 Å². The van der Waals surface area contributed by atoms with Crippen LogP contribution in [-0.2, 0) is 8.85 Å². The minimum atomic E-state index is -1.97. The summed E-state index contributed by atoms with van der Waals surface area (Å²) in [6, 6.07) is 1.10. The SMILES string of the molecule is CCCC(CCC)(CCC)O[Si](C)(CCC)OC. The first-order chi connectivity index (χ1) is 8.51. The molecule has 0 rings (SSSR count). The summed E-state index contributed by atoms with van der Waals surface area (Å²) >= 11 is 0. The molecule has 0 spiro atoms. The molecule has 1 atom stereocenters. The van der Waals surface area contributed by atoms with E-state index >= 15 is 0 Å². The van der Waals surface area contributed by atoms with E-state index in [1.165, 1.54) is 38.5 Å². The molecule has 0 bridgehead atoms. The van der Waals surface area contributed by atoms with Crippen LogP contribution in [0.15, 0.2) is 0 Å². The number of rotatable bonds is 11. The molecule has 0 saturated carbocycles. The molecular weight excluding hydrogens is 240 g/mol. The average Bonchev–Trinajstić information content (AvgIpc) is 2.30. The van der Waals surface area contributed by atoms with Crippen LogP contribution in [0.1, 0.15) is 72.6 Å². The van der Waals surface area contributed by atoms with Crippen molar-refractivity contribution >= 4 is 8.56 Å². The number of hydrogen-bond donors (Lipinski definition) is 0. The molecule has 0 aromatic carbocycles. The van der Waals surface area contributed by atoms with Gasteiger partial charge in [0.25, 0.3) is 0 Å². The van der Waals surface area contributed by atoms with Gasteiger partial charge in [0.1, 0.15) is 0 Å². The molecule has 0 aliphatic carbocycles. The molecule has 1 unspecified atom stereocenters. The molecule has 0 aromatic rings. The summed E-state index contributed by atoms with van der Waals surface area (Å²) in [6.45, 7) is 11.2. The maximum Gasteiger partial charge on any atom is 0.335 e. The van der Waals surface area contributed by atoms with Gasteiger partial charge in [0.2, 0.25) is 0 Å². The molecule has 0 amide bonds. The second-order valence-electron chi connectivity index (χ2n) is 5.62. The predicted molar refractivity (Wildman–Crippen MR) is 82.3 cm³/mol. The van der Waals surface area contributed by atoms with Crippen molar-refractivity contribution in [3.05, 3.63) is 0 Å². The van der Waals surface area contributed by atoms with Gasteiger partial charge in [-0.25, -0.2) is 0 Å². The van der Waals surface area contributed by atoms with Gasteiger partial charge in [-0.3, -0.25) is 0 Å². The fourth-order valence-corrected chi connectivity index (χ4v) is 5.52. The Morgan fingerprint density at radius 1 is 0.833 bits per heavy atom. The van der Waals surface area contributed by atoms with E-state index in [1.807, 2.05) is 7.11 Å². The Kier molecular flexibility index (Phi) is 9.18. The van der Waals surface area contributed by atoms with Crippen LogP contribution < -0.4 is 0 Å². The van der Waals surface area contributed by atoms with E-state index in [0.29, 0.717) is 0 Å². The molecule has 3 heteroatoms. The fourth-order valence-electron chi connectivity index (χ4n) is 3.00. The van der Waals surface area contributed by atoms with Crippen molar-refractivity contribution < 1.29 is 8.85 Å². The van der Waals surface area contributed by atoms with Crippen molar-refractivity contribution in [1.29, 1.82) is 0 Å². The molecule has 18 heavy (non-hydrogen) atoms. The zero-order valence-corrected chi connectivity index (χ0v) is 14.5. The van der Waals surface area contributed by atoms with Gasteiger partial charge in [-0.05, 0) is 31.9 Å². The Morgan fingerprint density at radius 3 is 1.56 bits per heavy atom. The highest BCUT2D eigenvalue weighted by Gasteiger charge is 2.39. The molecule has 0 radical (unpaired) electrons. The zero-order chi connectivity index (χ0) is 14.1. The summed E-state index contributed by atoms with van der Waals surface area (Å²) in [7, 11) is -0.141. The van der Waals surface area contributed by atoms with E-state index in [9.17, 15) is 0 Å². The van der Waals surface area contributed by atoms with Gasteiger partial charge in [-0.1, -0.05) is 53.4 Å². The van der Waals surface area contributed by atoms with Gasteiger partial charge in [0, 0.05) is 7.11 Å². The van der Waals surface area contributed by atoms with Gasteiger partial charge in [-0.2, -0.15) is 0 Å². The van der Waals surface area contributed by atoms with Gasteiger partial charge < -0.3 is 8.85 Å². The van der Waals surface area contributed by atoms with E-state index in [1.54, 1.807) is 0 Å². The van der Waals surface area contributed by atoms with E-state index in [2.05, 4.69) is 34.2 Å². The molecular formula is C15H34O2Si. The van der Waals surface area contributed by atoms with E-state index in [0.717, 1.165) is 12.5 Å². The predicted octanol–water partition coefficient (Wildman–Crippen LogP) is 5.27. The maximum absolute atomic E-state index is 6.65. The minimum absolute atomic E-state index is 0.0738. The van der Waals surface area contributed by atoms with Crippen molar-refractivity contribution in [3.63, 3.8) is 0 Å². The van der Waals surface area contributed by atoms with Crippen molar-refractivity contribution in [2.45, 2.75) is 90.8 Å². The lowest BCUT2D eigenvalue weighted by Gasteiger charge is -2.41. The third-order valence-corrected chi connectivity index (χ3v) is 6.82. The van der Waals surface area contributed by atoms with Gasteiger partial charge in [0.15, 0.2) is 0 Å². The van der Waals surface area contributed by atoms with Crippen LogP contribution in [0.5, 0.6) is 0 Å². The Balaban J connectivity index is 4.91. The first kappa shape index (κ1) is 18.1. The summed E-state index contributed by atoms with van der Waals surface area (Å²) in [5.74, 6) is 0. The zero-order valence-electron chi connectivity index (χ0n) is 13.5. The smallest absolute Gasteiger partial charge is 0.335 e. The van der Waals surface area contributed by atoms with Crippen molar-refractivity contribution in [1.82, 2.24) is 0 Å². The summed E-state index contributed by atoms with van der Waals surface area (Å²) in [4.78, 5) is 0. The molecule has 0 aliphatic heterocycles. The van der Waals surface area contributed by atoms with Crippen molar-refractivity contribution in [2.24, 2.45) is 0 Å². The van der Waals surface area contributed by atoms with Gasteiger partial charge in [-0.15, -0.1) is 0 Å². The largest absolute Gasteiger partial charge is 0.398 e. The normalized spacial score (nSPS) is 15.7. The summed E-state index contributed by atoms with van der Waals surface area (Å²) in [6.07, 6.45) is 8.25. The standard InChI is InChI=1S/C15H34O2Si/c1-7-11-15(12-8-2,13-9-3)17-18(6,16-5)14-10-4/h7-14H2,1-6H3. The summed E-state index contributed by atoms with van der Waals surface area (Å²) in [5.41, 5.74) is 0.0738. The summed E-state index contributed by atoms with van der Waals surface area (Å²) < 4.78 is 12.4. The third-order valence-electron chi connectivity index (χ3n) is 3.69. The van der Waals surface area contributed by atoms with E-state index in [4.69, 9.17) is 8.85 Å². The minimum Gasteiger partial charge on any atom is -0.398 e. The first-order valence-corrected chi connectivity index (χ1v) is 10.3. The third kappa shape index (κ3) is 5.85. The van der Waals surface area contributed by atoms with Gasteiger partial charge >= 0.3 is 8.56 Å². The van der Waals surface area contributed by atoms with Crippen LogP contribution >= 0.6 is 0 Å². The number of hydrogen-bond acceptors (Lipinski definition) is 2. The molecule has 0 aromatic heterocycles. The Bertz CT molecular complexity index is 192. The highest BCUT2D eigenvalue weighted by Crippen LogP contribution is 2.34. The lowest BCUT2D eigenvalue weighted by molar-refractivity contribution is 0.00315. The molecule has 0 heterocycles. The second kappa shape index (κ2) is 9.11. The van der Waals surface area contributed by atoms with Gasteiger partial charge in [0.05, 0.1) is 5.60 Å². The highest BCUT2D eigenvalue weighted by molar-refractivity contribution is 6.66. The lowest BCUT2D eigenvalue weighted by Crippen LogP contribution is -2.48. The molecule has 0 N–H and O–H groups in total. The van der Waals surface area contributed by atoms with Crippen molar-refractivity contribution in [3.8, 4) is 0 Å². The molecule has 0 saturated heterocycles. The second-order valence-corrected chi connectivity index (χ2v) is 9.00. The quantitative estimate of drug-likeness (QED) is 0.478. The van der Waals surface area contributed by atoms with Crippen LogP contribution in [0, 0.1) is 0 Å². The Hall–Kier alpha value is 0.137. The summed E-state index contributed by atoms with van der Waals surface area (Å²) in [5, 5.41) is 0. The average molecular weight is 275 g/mol. The fraction of sp³-hybridized carbons (Fsp3) is 1.00. The van der Waals surface area contributed by atoms with Crippen LogP contribution in [0.4, 0.5) is 0 Å². The van der Waals surface area contributed by atoms with Crippen molar-refractivity contribution in [2.75, 3.05) is 7.11 Å². The highest BCUT2D eigenvalue weighted by atomic mass is 28.4. The van der Waals surface area contributed by atoms with E-state index < -0.39 is 8.56 Å². The first-order valence-electron chi connectivity index (χ1n) is 7.76. The monoisotopic (exact) mass is 274 g/mol. The molecule has 0 aliphatic rings. The Labute approximate surface area is 116 Å². The molecule has 110 valence electrons. The van der Waals surface area contributed by atoms with Crippen LogP contribution in [-0.4, -0.2) is 21.3 Å².